The van der Waals surface area contributed by atoms with Crippen molar-refractivity contribution < 1.29 is 13.2 Å². The second-order valence-electron chi connectivity index (χ2n) is 4.70. The van der Waals surface area contributed by atoms with Gasteiger partial charge in [-0.25, -0.2) is 12.7 Å². The van der Waals surface area contributed by atoms with Gasteiger partial charge in [0.15, 0.2) is 0 Å². The van der Waals surface area contributed by atoms with E-state index in [9.17, 15) is 8.42 Å². The summed E-state index contributed by atoms with van der Waals surface area (Å²) < 4.78 is 31.8. The molecule has 114 valence electrons. The molecule has 6 heteroatoms. The van der Waals surface area contributed by atoms with Gasteiger partial charge in [0.2, 0.25) is 10.0 Å². The fraction of sp³-hybridized carbons (Fsp3) is 0.571. The van der Waals surface area contributed by atoms with Gasteiger partial charge in [0, 0.05) is 20.1 Å². The number of unbranched alkanes of at least 4 members (excludes halogenated alkanes) is 1. The molecule has 20 heavy (non-hydrogen) atoms. The topological polar surface area (TPSA) is 58.6 Å². The zero-order chi connectivity index (χ0) is 15.2. The molecule has 1 aromatic carbocycles. The van der Waals surface area contributed by atoms with Crippen LogP contribution < -0.4 is 10.1 Å². The summed E-state index contributed by atoms with van der Waals surface area (Å²) in [5.74, 6) is 0.383. The fourth-order valence-electron chi connectivity index (χ4n) is 1.91. The van der Waals surface area contributed by atoms with Crippen LogP contribution in [0, 0.1) is 0 Å². The lowest BCUT2D eigenvalue weighted by Crippen LogP contribution is -2.28. The molecule has 1 rings (SSSR count). The van der Waals surface area contributed by atoms with E-state index in [-0.39, 0.29) is 4.90 Å². The number of nitrogens with zero attached hydrogens (tertiary/aromatic N) is 1. The number of hydrogen-bond donors (Lipinski definition) is 1. The molecule has 0 aliphatic rings. The standard InChI is InChI=1S/C14H24N2O3S/c1-5-6-9-16(3)20(17,18)14-10-12(11-15-2)7-8-13(14)19-4/h7-8,10,15H,5-6,9,11H2,1-4H3. The van der Waals surface area contributed by atoms with Gasteiger partial charge in [-0.2, -0.15) is 0 Å². The highest BCUT2D eigenvalue weighted by Crippen LogP contribution is 2.27. The number of sulfonamides is 1. The molecule has 0 bridgehead atoms. The Morgan fingerprint density at radius 2 is 2.05 bits per heavy atom. The van der Waals surface area contributed by atoms with Gasteiger partial charge < -0.3 is 10.1 Å². The van der Waals surface area contributed by atoms with Crippen molar-refractivity contribution in [3.05, 3.63) is 23.8 Å². The van der Waals surface area contributed by atoms with Crippen molar-refractivity contribution in [3.8, 4) is 5.75 Å². The van der Waals surface area contributed by atoms with Gasteiger partial charge in [0.25, 0.3) is 0 Å². The summed E-state index contributed by atoms with van der Waals surface area (Å²) in [5.41, 5.74) is 0.913. The number of ether oxygens (including phenoxy) is 1. The fourth-order valence-corrected chi connectivity index (χ4v) is 3.32. The van der Waals surface area contributed by atoms with Crippen molar-refractivity contribution in [3.63, 3.8) is 0 Å². The first kappa shape index (κ1) is 16.9. The first-order valence-corrected chi connectivity index (χ1v) is 8.19. The lowest BCUT2D eigenvalue weighted by Gasteiger charge is -2.19. The monoisotopic (exact) mass is 300 g/mol. The Morgan fingerprint density at radius 1 is 1.35 bits per heavy atom. The molecule has 0 unspecified atom stereocenters. The second-order valence-corrected chi connectivity index (χ2v) is 6.71. The summed E-state index contributed by atoms with van der Waals surface area (Å²) in [7, 11) is 1.40. The van der Waals surface area contributed by atoms with E-state index in [1.165, 1.54) is 11.4 Å². The Hall–Kier alpha value is -1.11. The van der Waals surface area contributed by atoms with E-state index in [0.29, 0.717) is 18.8 Å². The number of benzene rings is 1. The third-order valence-electron chi connectivity index (χ3n) is 3.12. The summed E-state index contributed by atoms with van der Waals surface area (Å²) in [6.45, 7) is 3.16. The average Bonchev–Trinajstić information content (AvgIpc) is 2.44. The second kappa shape index (κ2) is 7.61. The van der Waals surface area contributed by atoms with E-state index in [2.05, 4.69) is 5.32 Å². The maximum absolute atomic E-state index is 12.6. The molecule has 0 aliphatic heterocycles. The van der Waals surface area contributed by atoms with Gasteiger partial charge in [-0.05, 0) is 31.2 Å². The van der Waals surface area contributed by atoms with Crippen molar-refractivity contribution in [2.75, 3.05) is 27.7 Å². The van der Waals surface area contributed by atoms with Crippen LogP contribution in [0.5, 0.6) is 5.75 Å². The highest BCUT2D eigenvalue weighted by atomic mass is 32.2. The quantitative estimate of drug-likeness (QED) is 0.796. The average molecular weight is 300 g/mol. The van der Waals surface area contributed by atoms with E-state index in [0.717, 1.165) is 18.4 Å². The molecule has 1 N–H and O–H groups in total. The van der Waals surface area contributed by atoms with Crippen molar-refractivity contribution in [2.45, 2.75) is 31.2 Å². The molecule has 0 heterocycles. The first-order chi connectivity index (χ1) is 9.47. The Kier molecular flexibility index (Phi) is 6.45. The highest BCUT2D eigenvalue weighted by molar-refractivity contribution is 7.89. The molecule has 0 radical (unpaired) electrons. The number of methoxy groups -OCH3 is 1. The van der Waals surface area contributed by atoms with Crippen LogP contribution in [0.15, 0.2) is 23.1 Å². The smallest absolute Gasteiger partial charge is 0.246 e. The Bertz CT molecular complexity index is 529. The van der Waals surface area contributed by atoms with Gasteiger partial charge in [0.1, 0.15) is 10.6 Å². The Balaban J connectivity index is 3.17. The molecule has 0 saturated carbocycles. The van der Waals surface area contributed by atoms with Crippen LogP contribution in [0.25, 0.3) is 0 Å². The minimum atomic E-state index is -3.51. The summed E-state index contributed by atoms with van der Waals surface area (Å²) in [6.07, 6.45) is 1.80. The van der Waals surface area contributed by atoms with E-state index in [4.69, 9.17) is 4.74 Å². The summed E-state index contributed by atoms with van der Waals surface area (Å²) in [5, 5.41) is 3.01. The van der Waals surface area contributed by atoms with Crippen LogP contribution in [0.4, 0.5) is 0 Å². The first-order valence-electron chi connectivity index (χ1n) is 6.75. The molecule has 0 saturated heterocycles. The van der Waals surface area contributed by atoms with Crippen molar-refractivity contribution in [1.29, 1.82) is 0 Å². The van der Waals surface area contributed by atoms with Crippen molar-refractivity contribution >= 4 is 10.0 Å². The normalized spacial score (nSPS) is 11.8. The maximum Gasteiger partial charge on any atom is 0.246 e. The lowest BCUT2D eigenvalue weighted by molar-refractivity contribution is 0.397. The molecular weight excluding hydrogens is 276 g/mol. The number of nitrogens with one attached hydrogen (secondary N) is 1. The van der Waals surface area contributed by atoms with Crippen LogP contribution in [0.2, 0.25) is 0 Å². The highest BCUT2D eigenvalue weighted by Gasteiger charge is 2.24. The van der Waals surface area contributed by atoms with E-state index >= 15 is 0 Å². The molecule has 0 aromatic heterocycles. The van der Waals surface area contributed by atoms with Gasteiger partial charge in [0.05, 0.1) is 7.11 Å². The van der Waals surface area contributed by atoms with Crippen LogP contribution in [0.3, 0.4) is 0 Å². The molecule has 1 aromatic rings. The molecule has 5 nitrogen and oxygen atoms in total. The molecule has 0 aliphatic carbocycles. The Labute approximate surface area is 122 Å². The minimum Gasteiger partial charge on any atom is -0.495 e. The predicted molar refractivity (Wildman–Crippen MR) is 80.5 cm³/mol. The number of rotatable bonds is 8. The summed E-state index contributed by atoms with van der Waals surface area (Å²) in [4.78, 5) is 0.228. The third kappa shape index (κ3) is 3.94. The van der Waals surface area contributed by atoms with Gasteiger partial charge >= 0.3 is 0 Å². The number of hydrogen-bond acceptors (Lipinski definition) is 4. The summed E-state index contributed by atoms with van der Waals surface area (Å²) >= 11 is 0. The van der Waals surface area contributed by atoms with Gasteiger partial charge in [-0.3, -0.25) is 0 Å². The van der Waals surface area contributed by atoms with E-state index in [1.54, 1.807) is 19.2 Å². The lowest BCUT2D eigenvalue weighted by atomic mass is 10.2. The van der Waals surface area contributed by atoms with Crippen LogP contribution in [0.1, 0.15) is 25.3 Å². The molecule has 0 fully saturated rings. The van der Waals surface area contributed by atoms with Crippen molar-refractivity contribution in [2.24, 2.45) is 0 Å². The molecular formula is C14H24N2O3S. The van der Waals surface area contributed by atoms with Gasteiger partial charge in [-0.1, -0.05) is 19.4 Å². The van der Waals surface area contributed by atoms with Crippen molar-refractivity contribution in [1.82, 2.24) is 9.62 Å². The predicted octanol–water partition coefficient (Wildman–Crippen LogP) is 1.84. The molecule has 0 amide bonds. The molecule has 0 spiro atoms. The minimum absolute atomic E-state index is 0.228. The largest absolute Gasteiger partial charge is 0.495 e. The van der Waals surface area contributed by atoms with Crippen LogP contribution in [-0.2, 0) is 16.6 Å². The SMILES string of the molecule is CCCCN(C)S(=O)(=O)c1cc(CNC)ccc1OC. The van der Waals surface area contributed by atoms with Crippen LogP contribution in [-0.4, -0.2) is 40.5 Å². The zero-order valence-electron chi connectivity index (χ0n) is 12.6. The molecule has 0 atom stereocenters. The summed E-state index contributed by atoms with van der Waals surface area (Å²) in [6, 6.07) is 5.24. The van der Waals surface area contributed by atoms with Gasteiger partial charge in [-0.15, -0.1) is 0 Å². The Morgan fingerprint density at radius 3 is 2.60 bits per heavy atom. The van der Waals surface area contributed by atoms with Crippen LogP contribution >= 0.6 is 0 Å². The van der Waals surface area contributed by atoms with E-state index < -0.39 is 10.0 Å². The maximum atomic E-state index is 12.6. The third-order valence-corrected chi connectivity index (χ3v) is 5.00. The zero-order valence-corrected chi connectivity index (χ0v) is 13.5. The van der Waals surface area contributed by atoms with E-state index in [1.807, 2.05) is 20.0 Å².